The van der Waals surface area contributed by atoms with E-state index in [4.69, 9.17) is 5.26 Å². The van der Waals surface area contributed by atoms with Gasteiger partial charge >= 0.3 is 0 Å². The van der Waals surface area contributed by atoms with E-state index in [9.17, 15) is 0 Å². The molecule has 0 atom stereocenters. The molecule has 1 heterocycles. The van der Waals surface area contributed by atoms with Gasteiger partial charge in [-0.2, -0.15) is 5.26 Å². The molecule has 0 radical (unpaired) electrons. The van der Waals surface area contributed by atoms with Crippen LogP contribution >= 0.6 is 0 Å². The molecule has 1 aromatic heterocycles. The third-order valence-electron chi connectivity index (χ3n) is 2.59. The van der Waals surface area contributed by atoms with Crippen LogP contribution in [0.1, 0.15) is 18.1 Å². The van der Waals surface area contributed by atoms with Crippen molar-refractivity contribution in [1.82, 2.24) is 4.57 Å². The first-order valence-electron chi connectivity index (χ1n) is 4.75. The van der Waals surface area contributed by atoms with Gasteiger partial charge in [0.2, 0.25) is 0 Å². The molecule has 0 aliphatic heterocycles. The standard InChI is InChI=1S/C12H12N2/c1-3-9-5-4-6-11-10(7-13)8-14(2)12(9)11/h4-6,8H,3H2,1-2H3. The van der Waals surface area contributed by atoms with E-state index in [1.165, 1.54) is 11.1 Å². The molecule has 14 heavy (non-hydrogen) atoms. The monoisotopic (exact) mass is 184 g/mol. The number of aromatic nitrogens is 1. The van der Waals surface area contributed by atoms with Crippen LogP contribution in [-0.4, -0.2) is 4.57 Å². The predicted molar refractivity (Wildman–Crippen MR) is 57.0 cm³/mol. The Morgan fingerprint density at radius 2 is 2.21 bits per heavy atom. The number of fused-ring (bicyclic) bond motifs is 1. The lowest BCUT2D eigenvalue weighted by Crippen LogP contribution is -1.89. The molecule has 0 saturated carbocycles. The molecule has 2 heteroatoms. The summed E-state index contributed by atoms with van der Waals surface area (Å²) in [6, 6.07) is 8.36. The Morgan fingerprint density at radius 1 is 1.43 bits per heavy atom. The molecule has 0 unspecified atom stereocenters. The van der Waals surface area contributed by atoms with Crippen molar-refractivity contribution in [2.45, 2.75) is 13.3 Å². The van der Waals surface area contributed by atoms with Gasteiger partial charge in [0.1, 0.15) is 6.07 Å². The van der Waals surface area contributed by atoms with E-state index in [-0.39, 0.29) is 0 Å². The summed E-state index contributed by atoms with van der Waals surface area (Å²) in [4.78, 5) is 0. The normalized spacial score (nSPS) is 10.4. The smallest absolute Gasteiger partial charge is 0.101 e. The lowest BCUT2D eigenvalue weighted by atomic mass is 10.1. The van der Waals surface area contributed by atoms with E-state index in [1.54, 1.807) is 0 Å². The Labute approximate surface area is 83.4 Å². The first-order chi connectivity index (χ1) is 6.77. The maximum absolute atomic E-state index is 8.95. The summed E-state index contributed by atoms with van der Waals surface area (Å²) in [5, 5.41) is 10.0. The predicted octanol–water partition coefficient (Wildman–Crippen LogP) is 2.61. The minimum atomic E-state index is 0.762. The van der Waals surface area contributed by atoms with E-state index in [0.717, 1.165) is 17.4 Å². The fourth-order valence-corrected chi connectivity index (χ4v) is 1.93. The van der Waals surface area contributed by atoms with Gasteiger partial charge in [-0.15, -0.1) is 0 Å². The molecule has 1 aromatic carbocycles. The van der Waals surface area contributed by atoms with Gasteiger partial charge in [-0.3, -0.25) is 0 Å². The van der Waals surface area contributed by atoms with Gasteiger partial charge in [-0.1, -0.05) is 25.1 Å². The second kappa shape index (κ2) is 3.19. The van der Waals surface area contributed by atoms with Crippen molar-refractivity contribution in [1.29, 1.82) is 5.26 Å². The number of para-hydroxylation sites is 1. The molecule has 0 spiro atoms. The van der Waals surface area contributed by atoms with Crippen LogP contribution in [0.5, 0.6) is 0 Å². The molecule has 0 N–H and O–H groups in total. The van der Waals surface area contributed by atoms with E-state index >= 15 is 0 Å². The summed E-state index contributed by atoms with van der Waals surface area (Å²) in [6.07, 6.45) is 2.89. The van der Waals surface area contributed by atoms with Crippen LogP contribution in [0, 0.1) is 11.3 Å². The number of rotatable bonds is 1. The van der Waals surface area contributed by atoms with E-state index < -0.39 is 0 Å². The number of hydrogen-bond acceptors (Lipinski definition) is 1. The SMILES string of the molecule is CCc1cccc2c(C#N)cn(C)c12. The number of nitrogens with zero attached hydrogens (tertiary/aromatic N) is 2. The minimum absolute atomic E-state index is 0.762. The molecule has 0 fully saturated rings. The molecule has 0 aliphatic rings. The Kier molecular flexibility index (Phi) is 2.01. The molecule has 2 aromatic rings. The van der Waals surface area contributed by atoms with Crippen LogP contribution in [0.4, 0.5) is 0 Å². The summed E-state index contributed by atoms with van der Waals surface area (Å²) in [5.41, 5.74) is 3.25. The Hall–Kier alpha value is -1.75. The van der Waals surface area contributed by atoms with Crippen LogP contribution in [-0.2, 0) is 13.5 Å². The van der Waals surface area contributed by atoms with Gasteiger partial charge in [-0.05, 0) is 12.0 Å². The third-order valence-corrected chi connectivity index (χ3v) is 2.59. The first-order valence-corrected chi connectivity index (χ1v) is 4.75. The highest BCUT2D eigenvalue weighted by atomic mass is 14.9. The van der Waals surface area contributed by atoms with Crippen LogP contribution in [0.2, 0.25) is 0 Å². The van der Waals surface area contributed by atoms with Gasteiger partial charge in [0.05, 0.1) is 11.1 Å². The summed E-state index contributed by atoms with van der Waals surface area (Å²) in [6.45, 7) is 2.13. The molecule has 2 rings (SSSR count). The number of benzene rings is 1. The van der Waals surface area contributed by atoms with Gasteiger partial charge in [-0.25, -0.2) is 0 Å². The van der Waals surface area contributed by atoms with E-state index in [0.29, 0.717) is 0 Å². The summed E-state index contributed by atoms with van der Waals surface area (Å²) >= 11 is 0. The van der Waals surface area contributed by atoms with E-state index in [1.807, 2.05) is 29.9 Å². The second-order valence-corrected chi connectivity index (χ2v) is 3.43. The van der Waals surface area contributed by atoms with Gasteiger partial charge in [0.15, 0.2) is 0 Å². The largest absolute Gasteiger partial charge is 0.349 e. The van der Waals surface area contributed by atoms with Crippen molar-refractivity contribution in [2.24, 2.45) is 7.05 Å². The number of aryl methyl sites for hydroxylation is 2. The highest BCUT2D eigenvalue weighted by Crippen LogP contribution is 2.23. The van der Waals surface area contributed by atoms with Crippen molar-refractivity contribution >= 4 is 10.9 Å². The third kappa shape index (κ3) is 1.10. The minimum Gasteiger partial charge on any atom is -0.349 e. The Balaban J connectivity index is 2.90. The molecule has 0 amide bonds. The van der Waals surface area contributed by atoms with Crippen LogP contribution in [0.15, 0.2) is 24.4 Å². The summed E-state index contributed by atoms with van der Waals surface area (Å²) < 4.78 is 2.03. The topological polar surface area (TPSA) is 28.7 Å². The average molecular weight is 184 g/mol. The van der Waals surface area contributed by atoms with Crippen LogP contribution in [0.25, 0.3) is 10.9 Å². The average Bonchev–Trinajstić information content (AvgIpc) is 2.55. The fraction of sp³-hybridized carbons (Fsp3) is 0.250. The van der Waals surface area contributed by atoms with Crippen molar-refractivity contribution in [2.75, 3.05) is 0 Å². The zero-order chi connectivity index (χ0) is 10.1. The molecular formula is C12H12N2. The van der Waals surface area contributed by atoms with Gasteiger partial charge in [0, 0.05) is 18.6 Å². The second-order valence-electron chi connectivity index (χ2n) is 3.43. The molecule has 70 valence electrons. The van der Waals surface area contributed by atoms with Crippen molar-refractivity contribution in [3.8, 4) is 6.07 Å². The van der Waals surface area contributed by atoms with Gasteiger partial charge < -0.3 is 4.57 Å². The van der Waals surface area contributed by atoms with Crippen molar-refractivity contribution in [3.05, 3.63) is 35.5 Å². The molecule has 0 bridgehead atoms. The molecule has 0 saturated heterocycles. The molecule has 2 nitrogen and oxygen atoms in total. The fourth-order valence-electron chi connectivity index (χ4n) is 1.93. The number of hydrogen-bond donors (Lipinski definition) is 0. The van der Waals surface area contributed by atoms with Crippen molar-refractivity contribution in [3.63, 3.8) is 0 Å². The Morgan fingerprint density at radius 3 is 2.86 bits per heavy atom. The molecule has 0 aliphatic carbocycles. The maximum atomic E-state index is 8.95. The number of nitriles is 1. The molecular weight excluding hydrogens is 172 g/mol. The maximum Gasteiger partial charge on any atom is 0.101 e. The van der Waals surface area contributed by atoms with Crippen LogP contribution in [0.3, 0.4) is 0 Å². The lowest BCUT2D eigenvalue weighted by molar-refractivity contribution is 0.953. The van der Waals surface area contributed by atoms with Crippen LogP contribution < -0.4 is 0 Å². The van der Waals surface area contributed by atoms with Gasteiger partial charge in [0.25, 0.3) is 0 Å². The van der Waals surface area contributed by atoms with E-state index in [2.05, 4.69) is 19.1 Å². The van der Waals surface area contributed by atoms with Crippen molar-refractivity contribution < 1.29 is 0 Å². The quantitative estimate of drug-likeness (QED) is 0.669. The Bertz CT molecular complexity index is 515. The first kappa shape index (κ1) is 8.83. The zero-order valence-electron chi connectivity index (χ0n) is 8.41. The zero-order valence-corrected chi connectivity index (χ0v) is 8.41. The summed E-state index contributed by atoms with van der Waals surface area (Å²) in [5.74, 6) is 0. The lowest BCUT2D eigenvalue weighted by Gasteiger charge is -2.02. The summed E-state index contributed by atoms with van der Waals surface area (Å²) in [7, 11) is 1.99. The highest BCUT2D eigenvalue weighted by Gasteiger charge is 2.07. The highest BCUT2D eigenvalue weighted by molar-refractivity contribution is 5.88.